The molecule has 0 amide bonds. The monoisotopic (exact) mass is 390 g/mol. The van der Waals surface area contributed by atoms with Crippen molar-refractivity contribution >= 4 is 11.8 Å². The summed E-state index contributed by atoms with van der Waals surface area (Å²) in [6.07, 6.45) is 8.96. The Morgan fingerprint density at radius 1 is 1.14 bits per heavy atom. The zero-order chi connectivity index (χ0) is 20.3. The molecule has 0 aromatic carbocycles. The van der Waals surface area contributed by atoms with Crippen molar-refractivity contribution in [2.45, 2.75) is 91.1 Å². The van der Waals surface area contributed by atoms with Crippen molar-refractivity contribution in [2.75, 3.05) is 0 Å². The van der Waals surface area contributed by atoms with Gasteiger partial charge in [-0.2, -0.15) is 0 Å². The third-order valence-corrected chi connectivity index (χ3v) is 10.1. The molecule has 4 nitrogen and oxygen atoms in total. The lowest BCUT2D eigenvalue weighted by molar-refractivity contribution is -0.160. The molecule has 9 atom stereocenters. The molecule has 4 heteroatoms. The number of aliphatic hydroxyl groups excluding tert-OH is 1. The van der Waals surface area contributed by atoms with Crippen LogP contribution in [0.1, 0.15) is 85.0 Å². The second kappa shape index (κ2) is 7.11. The summed E-state index contributed by atoms with van der Waals surface area (Å²) in [6.45, 7) is 6.81. The largest absolute Gasteiger partial charge is 0.481 e. The second-order valence-electron chi connectivity index (χ2n) is 11.1. The molecule has 4 rings (SSSR count). The second-order valence-corrected chi connectivity index (χ2v) is 11.1. The van der Waals surface area contributed by atoms with Gasteiger partial charge in [0.25, 0.3) is 0 Å². The van der Waals surface area contributed by atoms with E-state index in [2.05, 4.69) is 20.8 Å². The predicted molar refractivity (Wildman–Crippen MR) is 108 cm³/mol. The first-order valence-corrected chi connectivity index (χ1v) is 11.6. The van der Waals surface area contributed by atoms with E-state index in [1.54, 1.807) is 0 Å². The van der Waals surface area contributed by atoms with Gasteiger partial charge in [0.2, 0.25) is 0 Å². The van der Waals surface area contributed by atoms with Crippen LogP contribution in [0.25, 0.3) is 0 Å². The smallest absolute Gasteiger partial charge is 0.303 e. The fourth-order valence-electron chi connectivity index (χ4n) is 8.44. The molecule has 4 aliphatic rings. The summed E-state index contributed by atoms with van der Waals surface area (Å²) < 4.78 is 0. The van der Waals surface area contributed by atoms with E-state index in [9.17, 15) is 14.7 Å². The Bertz CT molecular complexity index is 645. The van der Waals surface area contributed by atoms with Crippen LogP contribution >= 0.6 is 0 Å². The summed E-state index contributed by atoms with van der Waals surface area (Å²) in [6, 6.07) is 0. The van der Waals surface area contributed by atoms with Crippen LogP contribution in [0.4, 0.5) is 0 Å². The number of aliphatic hydroxyl groups is 1. The van der Waals surface area contributed by atoms with Gasteiger partial charge in [0, 0.05) is 18.3 Å². The van der Waals surface area contributed by atoms with Crippen molar-refractivity contribution < 1.29 is 19.8 Å². The molecule has 0 radical (unpaired) electrons. The highest BCUT2D eigenvalue weighted by molar-refractivity contribution is 5.87. The molecule has 2 N–H and O–H groups in total. The fourth-order valence-corrected chi connectivity index (χ4v) is 8.44. The molecule has 0 unspecified atom stereocenters. The van der Waals surface area contributed by atoms with E-state index in [1.165, 1.54) is 12.8 Å². The Labute approximate surface area is 169 Å². The minimum atomic E-state index is -0.729. The zero-order valence-electron chi connectivity index (χ0n) is 17.8. The van der Waals surface area contributed by atoms with E-state index in [1.807, 2.05) is 0 Å². The van der Waals surface area contributed by atoms with E-state index >= 15 is 0 Å². The maximum absolute atomic E-state index is 13.6. The number of carbonyl (C=O) groups excluding carboxylic acids is 1. The summed E-state index contributed by atoms with van der Waals surface area (Å²) >= 11 is 0. The molecule has 28 heavy (non-hydrogen) atoms. The van der Waals surface area contributed by atoms with E-state index in [0.29, 0.717) is 54.1 Å². The standard InChI is InChI=1S/C24H38O4/c1-14(4-9-22(27)28)18-7-8-19-17-6-5-15-12-16(25)10-11-23(15,2)20(17)13-21(26)24(18,19)3/h14-20,25H,4-13H2,1-3H3,(H,27,28)/t14-,15-,16-,17+,18+,19+,20-,23+,24-/m1/s1. The normalized spacial score (nSPS) is 49.1. The number of hydrogen-bond donors (Lipinski definition) is 2. The molecule has 0 aromatic rings. The quantitative estimate of drug-likeness (QED) is 0.730. The number of aliphatic carboxylic acids is 1. The van der Waals surface area contributed by atoms with Gasteiger partial charge in [-0.15, -0.1) is 0 Å². The van der Waals surface area contributed by atoms with Gasteiger partial charge < -0.3 is 10.2 Å². The highest BCUT2D eigenvalue weighted by atomic mass is 16.4. The first-order chi connectivity index (χ1) is 13.2. The minimum Gasteiger partial charge on any atom is -0.481 e. The lowest BCUT2D eigenvalue weighted by atomic mass is 9.44. The Kier molecular flexibility index (Phi) is 5.17. The zero-order valence-corrected chi connectivity index (χ0v) is 17.8. The first kappa shape index (κ1) is 20.4. The summed E-state index contributed by atoms with van der Waals surface area (Å²) in [7, 11) is 0. The molecule has 4 saturated carbocycles. The number of fused-ring (bicyclic) bond motifs is 5. The van der Waals surface area contributed by atoms with Gasteiger partial charge in [-0.25, -0.2) is 0 Å². The predicted octanol–water partition coefficient (Wildman–Crippen LogP) is 4.69. The average Bonchev–Trinajstić information content (AvgIpc) is 3.00. The van der Waals surface area contributed by atoms with Gasteiger partial charge in [-0.1, -0.05) is 20.8 Å². The summed E-state index contributed by atoms with van der Waals surface area (Å²) in [4.78, 5) is 24.7. The Morgan fingerprint density at radius 3 is 2.61 bits per heavy atom. The Morgan fingerprint density at radius 2 is 1.89 bits per heavy atom. The summed E-state index contributed by atoms with van der Waals surface area (Å²) in [5.74, 6) is 2.52. The number of ketones is 1. The van der Waals surface area contributed by atoms with Gasteiger partial charge in [-0.3, -0.25) is 9.59 Å². The minimum absolute atomic E-state index is 0.148. The maximum Gasteiger partial charge on any atom is 0.303 e. The van der Waals surface area contributed by atoms with Crippen LogP contribution in [0.3, 0.4) is 0 Å². The molecule has 4 aliphatic carbocycles. The molecular formula is C24H38O4. The third kappa shape index (κ3) is 2.97. The molecule has 158 valence electrons. The third-order valence-electron chi connectivity index (χ3n) is 10.1. The highest BCUT2D eigenvalue weighted by Crippen LogP contribution is 2.67. The van der Waals surface area contributed by atoms with Crippen molar-refractivity contribution in [2.24, 2.45) is 46.3 Å². The molecule has 0 aliphatic heterocycles. The van der Waals surface area contributed by atoms with Crippen LogP contribution < -0.4 is 0 Å². The molecule has 0 aromatic heterocycles. The van der Waals surface area contributed by atoms with E-state index < -0.39 is 5.97 Å². The SMILES string of the molecule is C[C@H](CCC(=O)O)[C@@H]1CC[C@H]2[C@@H]3CC[C@@H]4C[C@H](O)CC[C@]4(C)[C@@H]3CC(=O)[C@@]21C. The number of carbonyl (C=O) groups is 2. The molecule has 4 fully saturated rings. The molecule has 0 spiro atoms. The first-order valence-electron chi connectivity index (χ1n) is 11.6. The Hall–Kier alpha value is -0.900. The Balaban J connectivity index is 1.57. The van der Waals surface area contributed by atoms with Crippen LogP contribution in [-0.2, 0) is 9.59 Å². The van der Waals surface area contributed by atoms with Crippen LogP contribution in [0.2, 0.25) is 0 Å². The van der Waals surface area contributed by atoms with E-state index in [0.717, 1.165) is 32.1 Å². The maximum atomic E-state index is 13.6. The fraction of sp³-hybridized carbons (Fsp3) is 0.917. The van der Waals surface area contributed by atoms with Gasteiger partial charge in [0.05, 0.1) is 6.10 Å². The number of carboxylic acids is 1. The number of Topliss-reactive ketones (excluding diaryl/α,β-unsaturated/α-hetero) is 1. The van der Waals surface area contributed by atoms with Crippen molar-refractivity contribution in [3.63, 3.8) is 0 Å². The number of rotatable bonds is 4. The van der Waals surface area contributed by atoms with Crippen LogP contribution in [0.15, 0.2) is 0 Å². The van der Waals surface area contributed by atoms with Crippen molar-refractivity contribution in [3.8, 4) is 0 Å². The van der Waals surface area contributed by atoms with Crippen LogP contribution in [-0.4, -0.2) is 28.1 Å². The molecule has 0 saturated heterocycles. The van der Waals surface area contributed by atoms with Crippen LogP contribution in [0.5, 0.6) is 0 Å². The van der Waals surface area contributed by atoms with Gasteiger partial charge in [0.1, 0.15) is 5.78 Å². The van der Waals surface area contributed by atoms with E-state index in [-0.39, 0.29) is 23.4 Å². The number of carboxylic acid groups (broad SMARTS) is 1. The van der Waals surface area contributed by atoms with Crippen LogP contribution in [0, 0.1) is 46.3 Å². The van der Waals surface area contributed by atoms with Crippen molar-refractivity contribution in [3.05, 3.63) is 0 Å². The van der Waals surface area contributed by atoms with Gasteiger partial charge in [-0.05, 0) is 92.3 Å². The molecule has 0 heterocycles. The summed E-state index contributed by atoms with van der Waals surface area (Å²) in [5.41, 5.74) is -0.0391. The van der Waals surface area contributed by atoms with Gasteiger partial charge >= 0.3 is 5.97 Å². The molecular weight excluding hydrogens is 352 g/mol. The van der Waals surface area contributed by atoms with Gasteiger partial charge in [0.15, 0.2) is 0 Å². The van der Waals surface area contributed by atoms with Crippen molar-refractivity contribution in [1.82, 2.24) is 0 Å². The number of hydrogen-bond acceptors (Lipinski definition) is 3. The topological polar surface area (TPSA) is 74.6 Å². The lowest BCUT2D eigenvalue weighted by Gasteiger charge is -2.60. The van der Waals surface area contributed by atoms with Crippen molar-refractivity contribution in [1.29, 1.82) is 0 Å². The van der Waals surface area contributed by atoms with E-state index in [4.69, 9.17) is 5.11 Å². The highest BCUT2D eigenvalue weighted by Gasteiger charge is 2.63. The average molecular weight is 391 g/mol. The summed E-state index contributed by atoms with van der Waals surface area (Å²) in [5, 5.41) is 19.3. The molecule has 0 bridgehead atoms. The lowest BCUT2D eigenvalue weighted by Crippen LogP contribution is -2.57.